The van der Waals surface area contributed by atoms with Crippen LogP contribution in [0.1, 0.15) is 5.56 Å². The van der Waals surface area contributed by atoms with E-state index in [4.69, 9.17) is 11.6 Å². The van der Waals surface area contributed by atoms with Crippen molar-refractivity contribution in [2.45, 2.75) is 12.6 Å². The molecule has 0 radical (unpaired) electrons. The summed E-state index contributed by atoms with van der Waals surface area (Å²) in [5.41, 5.74) is 0.994. The molecule has 23 heavy (non-hydrogen) atoms. The summed E-state index contributed by atoms with van der Waals surface area (Å²) in [6.45, 7) is 0.479. The number of carbonyl (C=O) groups is 2. The van der Waals surface area contributed by atoms with E-state index in [1.807, 2.05) is 16.7 Å². The van der Waals surface area contributed by atoms with E-state index in [2.05, 4.69) is 10.3 Å². The molecule has 120 valence electrons. The lowest BCUT2D eigenvalue weighted by Gasteiger charge is -2.31. The first-order valence-corrected chi connectivity index (χ1v) is 7.51. The van der Waals surface area contributed by atoms with Crippen LogP contribution in [0.3, 0.4) is 0 Å². The standard InChI is InChI=1S/C15H16ClN5O2/c1-17-14-18-12-11(13(22)20(3)15(23)19(12)2)21(14)8-9-4-6-10(16)7-5-9/h4-7,11H,8H2,1-3H3/p+1. The summed E-state index contributed by atoms with van der Waals surface area (Å²) in [6.07, 6.45) is 0. The Morgan fingerprint density at radius 3 is 2.48 bits per heavy atom. The number of carbonyl (C=O) groups excluding carboxylic acids is 2. The van der Waals surface area contributed by atoms with Crippen molar-refractivity contribution in [2.24, 2.45) is 4.99 Å². The van der Waals surface area contributed by atoms with Gasteiger partial charge in [-0.25, -0.2) is 9.37 Å². The number of urea groups is 1. The minimum Gasteiger partial charge on any atom is -0.277 e. The number of fused-ring (bicyclic) bond motifs is 1. The van der Waals surface area contributed by atoms with Gasteiger partial charge in [0.15, 0.2) is 0 Å². The summed E-state index contributed by atoms with van der Waals surface area (Å²) in [4.78, 5) is 31.6. The predicted octanol–water partition coefficient (Wildman–Crippen LogP) is 0.732. The summed E-state index contributed by atoms with van der Waals surface area (Å²) in [7, 11) is 4.84. The molecule has 1 unspecified atom stereocenters. The number of likely N-dealkylation sites (N-methyl/N-ethyl adjacent to an activating group) is 2. The highest BCUT2D eigenvalue weighted by atomic mass is 35.5. The van der Waals surface area contributed by atoms with Gasteiger partial charge in [0.05, 0.1) is 13.6 Å². The number of hydrogen-bond acceptors (Lipinski definition) is 4. The van der Waals surface area contributed by atoms with Gasteiger partial charge in [0.25, 0.3) is 5.91 Å². The fraction of sp³-hybridized carbons (Fsp3) is 0.333. The summed E-state index contributed by atoms with van der Waals surface area (Å²) in [5, 5.41) is 3.65. The van der Waals surface area contributed by atoms with Crippen LogP contribution in [0.15, 0.2) is 29.3 Å². The lowest BCUT2D eigenvalue weighted by Crippen LogP contribution is -2.61. The first-order chi connectivity index (χ1) is 10.9. The van der Waals surface area contributed by atoms with Crippen LogP contribution in [-0.2, 0) is 11.3 Å². The first kappa shape index (κ1) is 15.5. The number of nitrogens with zero attached hydrogens (tertiary/aromatic N) is 4. The lowest BCUT2D eigenvalue weighted by atomic mass is 10.1. The third-order valence-electron chi connectivity index (χ3n) is 4.02. The van der Waals surface area contributed by atoms with Crippen LogP contribution >= 0.6 is 11.6 Å². The minimum atomic E-state index is -0.610. The molecule has 2 aliphatic heterocycles. The van der Waals surface area contributed by atoms with Crippen LogP contribution < -0.4 is 5.32 Å². The van der Waals surface area contributed by atoms with E-state index in [1.54, 1.807) is 26.2 Å². The maximum absolute atomic E-state index is 12.6. The van der Waals surface area contributed by atoms with Crippen LogP contribution in [0.25, 0.3) is 0 Å². The van der Waals surface area contributed by atoms with Gasteiger partial charge >= 0.3 is 12.0 Å². The molecule has 3 rings (SSSR count). The Hall–Kier alpha value is -2.41. The van der Waals surface area contributed by atoms with Gasteiger partial charge in [0.2, 0.25) is 11.9 Å². The molecule has 1 fully saturated rings. The Morgan fingerprint density at radius 1 is 1.22 bits per heavy atom. The lowest BCUT2D eigenvalue weighted by molar-refractivity contribution is -0.552. The van der Waals surface area contributed by atoms with Crippen molar-refractivity contribution in [1.82, 2.24) is 15.1 Å². The molecule has 1 N–H and O–H groups in total. The zero-order valence-corrected chi connectivity index (χ0v) is 13.8. The number of rotatable bonds is 2. The minimum absolute atomic E-state index is 0.286. The van der Waals surface area contributed by atoms with E-state index in [0.29, 0.717) is 23.4 Å². The normalized spacial score (nSPS) is 20.9. The molecule has 3 amide bonds. The second-order valence-corrected chi connectivity index (χ2v) is 5.88. The Kier molecular flexibility index (Phi) is 3.81. The molecule has 2 heterocycles. The van der Waals surface area contributed by atoms with Gasteiger partial charge in [-0.2, -0.15) is 0 Å². The Labute approximate surface area is 138 Å². The molecule has 0 saturated carbocycles. The number of aliphatic imine (C=N–C) groups is 1. The number of guanidine groups is 1. The van der Waals surface area contributed by atoms with Crippen molar-refractivity contribution in [3.63, 3.8) is 0 Å². The number of halogens is 1. The van der Waals surface area contributed by atoms with Gasteiger partial charge in [0, 0.05) is 19.1 Å². The third kappa shape index (κ3) is 2.46. The topological polar surface area (TPSA) is 68.0 Å². The van der Waals surface area contributed by atoms with E-state index in [1.165, 1.54) is 11.9 Å². The maximum Gasteiger partial charge on any atom is 0.390 e. The summed E-state index contributed by atoms with van der Waals surface area (Å²) < 4.78 is 1.85. The molecule has 8 heteroatoms. The van der Waals surface area contributed by atoms with Crippen molar-refractivity contribution < 1.29 is 14.2 Å². The monoisotopic (exact) mass is 334 g/mol. The second-order valence-electron chi connectivity index (χ2n) is 5.44. The maximum atomic E-state index is 12.6. The van der Waals surface area contributed by atoms with Crippen LogP contribution in [-0.4, -0.2) is 65.3 Å². The van der Waals surface area contributed by atoms with Crippen molar-refractivity contribution in [3.8, 4) is 0 Å². The summed E-state index contributed by atoms with van der Waals surface area (Å²) in [6, 6.07) is 6.42. The highest BCUT2D eigenvalue weighted by Gasteiger charge is 2.51. The van der Waals surface area contributed by atoms with E-state index < -0.39 is 6.04 Å². The quantitative estimate of drug-likeness (QED) is 0.811. The second kappa shape index (κ2) is 5.66. The fourth-order valence-electron chi connectivity index (χ4n) is 2.75. The first-order valence-electron chi connectivity index (χ1n) is 7.13. The molecule has 0 bridgehead atoms. The number of benzene rings is 1. The Morgan fingerprint density at radius 2 is 1.87 bits per heavy atom. The highest BCUT2D eigenvalue weighted by Crippen LogP contribution is 2.20. The number of nitrogens with one attached hydrogen (secondary N) is 1. The average molecular weight is 335 g/mol. The van der Waals surface area contributed by atoms with Crippen LogP contribution in [0.4, 0.5) is 4.79 Å². The molecule has 1 atom stereocenters. The average Bonchev–Trinajstić information content (AvgIpc) is 2.91. The third-order valence-corrected chi connectivity index (χ3v) is 4.27. The smallest absolute Gasteiger partial charge is 0.277 e. The molecule has 1 aromatic rings. The van der Waals surface area contributed by atoms with Gasteiger partial charge in [-0.05, 0) is 17.7 Å². The molecule has 1 aromatic carbocycles. The van der Waals surface area contributed by atoms with Crippen molar-refractivity contribution >= 4 is 35.3 Å². The molecule has 0 spiro atoms. The van der Waals surface area contributed by atoms with Crippen LogP contribution in [0, 0.1) is 0 Å². The van der Waals surface area contributed by atoms with Crippen molar-refractivity contribution in [1.29, 1.82) is 0 Å². The van der Waals surface area contributed by atoms with Crippen LogP contribution in [0.5, 0.6) is 0 Å². The van der Waals surface area contributed by atoms with E-state index in [0.717, 1.165) is 10.5 Å². The van der Waals surface area contributed by atoms with Gasteiger partial charge in [-0.1, -0.05) is 28.7 Å². The SMILES string of the molecule is CNC1=[N+](Cc2ccc(Cl)cc2)C2C(=O)N(C)C(=O)N(C)C2=N1. The van der Waals surface area contributed by atoms with Crippen molar-refractivity contribution in [3.05, 3.63) is 34.9 Å². The zero-order chi connectivity index (χ0) is 16.7. The molecule has 1 saturated heterocycles. The molecular formula is C15H17ClN5O2+. The summed E-state index contributed by atoms with van der Waals surface area (Å²) >= 11 is 5.91. The highest BCUT2D eigenvalue weighted by molar-refractivity contribution is 6.30. The van der Waals surface area contributed by atoms with Gasteiger partial charge in [0.1, 0.15) is 0 Å². The zero-order valence-electron chi connectivity index (χ0n) is 13.1. The number of imide groups is 1. The molecular weight excluding hydrogens is 318 g/mol. The molecule has 0 aliphatic carbocycles. The fourth-order valence-corrected chi connectivity index (χ4v) is 2.88. The van der Waals surface area contributed by atoms with Crippen LogP contribution in [0.2, 0.25) is 5.02 Å². The number of amidine groups is 1. The van der Waals surface area contributed by atoms with E-state index >= 15 is 0 Å². The molecule has 2 aliphatic rings. The Bertz CT molecular complexity index is 741. The van der Waals surface area contributed by atoms with Crippen molar-refractivity contribution in [2.75, 3.05) is 21.1 Å². The molecule has 0 aromatic heterocycles. The number of hydrogen-bond donors (Lipinski definition) is 1. The van der Waals surface area contributed by atoms with E-state index in [9.17, 15) is 9.59 Å². The number of amides is 3. The van der Waals surface area contributed by atoms with E-state index in [-0.39, 0.29) is 11.9 Å². The predicted molar refractivity (Wildman–Crippen MR) is 86.6 cm³/mol. The molecule has 7 nitrogen and oxygen atoms in total. The summed E-state index contributed by atoms with van der Waals surface area (Å²) in [5.74, 6) is 0.714. The van der Waals surface area contributed by atoms with Gasteiger partial charge in [-0.15, -0.1) is 0 Å². The largest absolute Gasteiger partial charge is 0.390 e. The van der Waals surface area contributed by atoms with Gasteiger partial charge in [-0.3, -0.25) is 19.9 Å². The Balaban J connectivity index is 1.98. The van der Waals surface area contributed by atoms with Gasteiger partial charge < -0.3 is 0 Å².